The van der Waals surface area contributed by atoms with E-state index in [0.29, 0.717) is 24.8 Å². The molecule has 0 radical (unpaired) electrons. The van der Waals surface area contributed by atoms with Crippen molar-refractivity contribution in [2.75, 3.05) is 20.3 Å². The fourth-order valence-corrected chi connectivity index (χ4v) is 2.12. The normalized spacial score (nSPS) is 14.9. The van der Waals surface area contributed by atoms with Gasteiger partial charge in [0.15, 0.2) is 0 Å². The molecule has 0 bridgehead atoms. The molecular weight excluding hydrogens is 249 g/mol. The van der Waals surface area contributed by atoms with Crippen molar-refractivity contribution >= 4 is 5.97 Å². The highest BCUT2D eigenvalue weighted by atomic mass is 19.1. The van der Waals surface area contributed by atoms with Gasteiger partial charge in [0.2, 0.25) is 0 Å². The number of carboxylic acids is 1. The fourth-order valence-electron chi connectivity index (χ4n) is 2.12. The van der Waals surface area contributed by atoms with Gasteiger partial charge in [-0.25, -0.2) is 9.18 Å². The average molecular weight is 267 g/mol. The summed E-state index contributed by atoms with van der Waals surface area (Å²) < 4.78 is 19.1. The van der Waals surface area contributed by atoms with Crippen LogP contribution >= 0.6 is 0 Å². The maximum Gasteiger partial charge on any atom is 0.338 e. The van der Waals surface area contributed by atoms with Crippen LogP contribution in [0.3, 0.4) is 0 Å². The van der Waals surface area contributed by atoms with Crippen LogP contribution in [-0.4, -0.2) is 42.3 Å². The highest BCUT2D eigenvalue weighted by molar-refractivity contribution is 5.88. The predicted octanol–water partition coefficient (Wildman–Crippen LogP) is 2.13. The number of carboxylic acid groups (broad SMARTS) is 1. The van der Waals surface area contributed by atoms with Crippen LogP contribution in [0.25, 0.3) is 0 Å². The Morgan fingerprint density at radius 3 is 2.84 bits per heavy atom. The third kappa shape index (κ3) is 3.52. The van der Waals surface area contributed by atoms with Gasteiger partial charge in [0.1, 0.15) is 5.82 Å². The van der Waals surface area contributed by atoms with Crippen molar-refractivity contribution in [1.82, 2.24) is 4.90 Å². The van der Waals surface area contributed by atoms with E-state index >= 15 is 0 Å². The lowest BCUT2D eigenvalue weighted by Gasteiger charge is -2.22. The van der Waals surface area contributed by atoms with E-state index in [0.717, 1.165) is 19.4 Å². The summed E-state index contributed by atoms with van der Waals surface area (Å²) in [6, 6.07) is 4.99. The molecule has 1 saturated carbocycles. The van der Waals surface area contributed by atoms with Crippen LogP contribution in [0, 0.1) is 5.82 Å². The van der Waals surface area contributed by atoms with Crippen molar-refractivity contribution in [2.24, 2.45) is 0 Å². The summed E-state index contributed by atoms with van der Waals surface area (Å²) in [6.45, 7) is 1.76. The molecule has 1 aromatic rings. The van der Waals surface area contributed by atoms with Crippen LogP contribution in [0.5, 0.6) is 0 Å². The molecule has 0 saturated heterocycles. The van der Waals surface area contributed by atoms with E-state index in [2.05, 4.69) is 4.90 Å². The standard InChI is InChI=1S/C14H18FNO3/c1-19-8-7-16(11-5-6-11)9-10-3-2-4-12(13(10)15)14(17)18/h2-4,11H,5-9H2,1H3,(H,17,18). The van der Waals surface area contributed by atoms with Gasteiger partial charge in [0, 0.05) is 31.8 Å². The second kappa shape index (κ2) is 6.12. The number of hydrogen-bond acceptors (Lipinski definition) is 3. The molecule has 0 unspecified atom stereocenters. The van der Waals surface area contributed by atoms with Gasteiger partial charge in [-0.15, -0.1) is 0 Å². The topological polar surface area (TPSA) is 49.8 Å². The quantitative estimate of drug-likeness (QED) is 0.822. The maximum absolute atomic E-state index is 14.1. The van der Waals surface area contributed by atoms with E-state index < -0.39 is 11.8 Å². The molecule has 0 atom stereocenters. The molecule has 5 heteroatoms. The molecule has 19 heavy (non-hydrogen) atoms. The summed E-state index contributed by atoms with van der Waals surface area (Å²) in [4.78, 5) is 13.1. The number of halogens is 1. The number of ether oxygens (including phenoxy) is 1. The lowest BCUT2D eigenvalue weighted by atomic mass is 10.1. The van der Waals surface area contributed by atoms with Crippen molar-refractivity contribution in [3.05, 3.63) is 35.1 Å². The minimum absolute atomic E-state index is 0.264. The van der Waals surface area contributed by atoms with Gasteiger partial charge < -0.3 is 9.84 Å². The average Bonchev–Trinajstić information content (AvgIpc) is 3.20. The van der Waals surface area contributed by atoms with E-state index in [1.807, 2.05) is 0 Å². The Kier molecular flexibility index (Phi) is 4.50. The molecular formula is C14H18FNO3. The molecule has 104 valence electrons. The van der Waals surface area contributed by atoms with E-state index in [-0.39, 0.29) is 5.56 Å². The summed E-state index contributed by atoms with van der Waals surface area (Å²) >= 11 is 0. The Bertz CT molecular complexity index is 460. The van der Waals surface area contributed by atoms with Crippen molar-refractivity contribution < 1.29 is 19.0 Å². The second-order valence-corrected chi connectivity index (χ2v) is 4.78. The molecule has 1 aromatic carbocycles. The van der Waals surface area contributed by atoms with Gasteiger partial charge >= 0.3 is 5.97 Å². The first-order valence-electron chi connectivity index (χ1n) is 6.37. The van der Waals surface area contributed by atoms with Gasteiger partial charge in [0.05, 0.1) is 12.2 Å². The summed E-state index contributed by atoms with van der Waals surface area (Å²) in [5.41, 5.74) is 0.169. The Balaban J connectivity index is 2.12. The Hall–Kier alpha value is -1.46. The first-order valence-corrected chi connectivity index (χ1v) is 6.37. The number of benzene rings is 1. The highest BCUT2D eigenvalue weighted by Crippen LogP contribution is 2.28. The molecule has 1 aliphatic rings. The highest BCUT2D eigenvalue weighted by Gasteiger charge is 2.29. The lowest BCUT2D eigenvalue weighted by molar-refractivity contribution is 0.0691. The van der Waals surface area contributed by atoms with E-state index in [1.165, 1.54) is 6.07 Å². The SMILES string of the molecule is COCCN(Cc1cccc(C(=O)O)c1F)C1CC1. The molecule has 0 aromatic heterocycles. The first-order chi connectivity index (χ1) is 9.13. The molecule has 1 fully saturated rings. The number of rotatable bonds is 7. The molecule has 4 nitrogen and oxygen atoms in total. The van der Waals surface area contributed by atoms with E-state index in [4.69, 9.17) is 9.84 Å². The maximum atomic E-state index is 14.1. The van der Waals surface area contributed by atoms with Gasteiger partial charge in [-0.1, -0.05) is 12.1 Å². The van der Waals surface area contributed by atoms with Gasteiger partial charge in [-0.3, -0.25) is 4.90 Å². The first kappa shape index (κ1) is 14.0. The smallest absolute Gasteiger partial charge is 0.338 e. The van der Waals surface area contributed by atoms with Gasteiger partial charge in [-0.2, -0.15) is 0 Å². The molecule has 0 heterocycles. The number of nitrogens with zero attached hydrogens (tertiary/aromatic N) is 1. The third-order valence-electron chi connectivity index (χ3n) is 3.33. The third-order valence-corrected chi connectivity index (χ3v) is 3.33. The van der Waals surface area contributed by atoms with Crippen LogP contribution in [0.4, 0.5) is 4.39 Å². The second-order valence-electron chi connectivity index (χ2n) is 4.78. The van der Waals surface area contributed by atoms with Crippen LogP contribution in [0.2, 0.25) is 0 Å². The lowest BCUT2D eigenvalue weighted by Crippen LogP contribution is -2.29. The van der Waals surface area contributed by atoms with Crippen LogP contribution in [0.1, 0.15) is 28.8 Å². The number of methoxy groups -OCH3 is 1. The molecule has 0 amide bonds. The minimum atomic E-state index is -1.23. The predicted molar refractivity (Wildman–Crippen MR) is 68.7 cm³/mol. The van der Waals surface area contributed by atoms with Crippen molar-refractivity contribution in [1.29, 1.82) is 0 Å². The van der Waals surface area contributed by atoms with Crippen molar-refractivity contribution in [2.45, 2.75) is 25.4 Å². The molecule has 0 spiro atoms. The minimum Gasteiger partial charge on any atom is -0.478 e. The zero-order chi connectivity index (χ0) is 13.8. The number of hydrogen-bond donors (Lipinski definition) is 1. The summed E-state index contributed by atoms with van der Waals surface area (Å²) in [6.07, 6.45) is 2.23. The van der Waals surface area contributed by atoms with Gasteiger partial charge in [-0.05, 0) is 18.9 Å². The number of carbonyl (C=O) groups is 1. The summed E-state index contributed by atoms with van der Waals surface area (Å²) in [7, 11) is 1.64. The van der Waals surface area contributed by atoms with E-state index in [9.17, 15) is 9.18 Å². The van der Waals surface area contributed by atoms with Crippen LogP contribution < -0.4 is 0 Å². The number of aromatic carboxylic acids is 1. The molecule has 1 N–H and O–H groups in total. The fraction of sp³-hybridized carbons (Fsp3) is 0.500. The largest absolute Gasteiger partial charge is 0.478 e. The van der Waals surface area contributed by atoms with E-state index in [1.54, 1.807) is 19.2 Å². The Morgan fingerprint density at radius 2 is 2.26 bits per heavy atom. The molecule has 0 aliphatic heterocycles. The van der Waals surface area contributed by atoms with Crippen molar-refractivity contribution in [3.8, 4) is 0 Å². The molecule has 2 rings (SSSR count). The van der Waals surface area contributed by atoms with Gasteiger partial charge in [0.25, 0.3) is 0 Å². The van der Waals surface area contributed by atoms with Crippen LogP contribution in [0.15, 0.2) is 18.2 Å². The molecule has 1 aliphatic carbocycles. The zero-order valence-corrected chi connectivity index (χ0v) is 10.9. The monoisotopic (exact) mass is 267 g/mol. The summed E-state index contributed by atoms with van der Waals surface area (Å²) in [5.74, 6) is -1.85. The van der Waals surface area contributed by atoms with Crippen LogP contribution in [-0.2, 0) is 11.3 Å². The summed E-state index contributed by atoms with van der Waals surface area (Å²) in [5, 5.41) is 8.91. The Labute approximate surface area is 111 Å². The van der Waals surface area contributed by atoms with Crippen molar-refractivity contribution in [3.63, 3.8) is 0 Å². The Morgan fingerprint density at radius 1 is 1.53 bits per heavy atom. The zero-order valence-electron chi connectivity index (χ0n) is 10.9.